The number of hydrogen-bond donors (Lipinski definition) is 0. The Bertz CT molecular complexity index is 875. The Morgan fingerprint density at radius 1 is 1.10 bits per heavy atom. The number of benzene rings is 2. The normalized spacial score (nSPS) is 24.8. The van der Waals surface area contributed by atoms with Gasteiger partial charge in [-0.2, -0.15) is 0 Å². The molecule has 2 aliphatic rings. The third kappa shape index (κ3) is 4.24. The van der Waals surface area contributed by atoms with Crippen LogP contribution in [0.1, 0.15) is 56.6 Å². The smallest absolute Gasteiger partial charge is 0.161 e. The number of hydrogen-bond acceptors (Lipinski definition) is 4. The highest BCUT2D eigenvalue weighted by molar-refractivity contribution is 5.84. The van der Waals surface area contributed by atoms with Gasteiger partial charge < -0.3 is 9.47 Å². The molecule has 2 aromatic carbocycles. The monoisotopic (exact) mass is 407 g/mol. The maximum absolute atomic E-state index is 12.8. The maximum Gasteiger partial charge on any atom is 0.161 e. The maximum atomic E-state index is 12.8. The summed E-state index contributed by atoms with van der Waals surface area (Å²) in [6.07, 6.45) is 4.93. The number of ether oxygens (including phenoxy) is 2. The molecule has 0 amide bonds. The first kappa shape index (κ1) is 20.9. The van der Waals surface area contributed by atoms with Crippen molar-refractivity contribution in [2.75, 3.05) is 20.2 Å². The van der Waals surface area contributed by atoms with Gasteiger partial charge in [0.25, 0.3) is 0 Å². The first-order valence-electron chi connectivity index (χ1n) is 11.1. The van der Waals surface area contributed by atoms with Crippen LogP contribution in [0.25, 0.3) is 0 Å². The lowest BCUT2D eigenvalue weighted by atomic mass is 9.73. The fourth-order valence-corrected chi connectivity index (χ4v) is 5.08. The van der Waals surface area contributed by atoms with Crippen molar-refractivity contribution < 1.29 is 14.3 Å². The fourth-order valence-electron chi connectivity index (χ4n) is 5.08. The van der Waals surface area contributed by atoms with Gasteiger partial charge in [-0.1, -0.05) is 43.3 Å². The molecule has 2 aromatic rings. The van der Waals surface area contributed by atoms with Crippen molar-refractivity contribution in [2.45, 2.75) is 58.1 Å². The third-order valence-electron chi connectivity index (χ3n) is 7.00. The van der Waals surface area contributed by atoms with Gasteiger partial charge >= 0.3 is 0 Å². The average molecular weight is 408 g/mol. The quantitative estimate of drug-likeness (QED) is 0.631. The van der Waals surface area contributed by atoms with E-state index >= 15 is 0 Å². The minimum absolute atomic E-state index is 0.135. The minimum atomic E-state index is -0.409. The molecule has 4 rings (SSSR count). The van der Waals surface area contributed by atoms with Crippen molar-refractivity contribution in [3.63, 3.8) is 0 Å². The van der Waals surface area contributed by atoms with Gasteiger partial charge in [-0.05, 0) is 55.9 Å². The van der Waals surface area contributed by atoms with Crippen molar-refractivity contribution in [2.24, 2.45) is 5.41 Å². The molecule has 160 valence electrons. The van der Waals surface area contributed by atoms with Crippen LogP contribution < -0.4 is 9.47 Å². The highest BCUT2D eigenvalue weighted by Gasteiger charge is 2.47. The van der Waals surface area contributed by atoms with Crippen molar-refractivity contribution in [3.8, 4) is 11.5 Å². The molecule has 0 bridgehead atoms. The van der Waals surface area contributed by atoms with Crippen LogP contribution in [-0.4, -0.2) is 37.0 Å². The number of Topliss-reactive ketones (excluding diaryl/α,β-unsaturated/α-hetero) is 1. The molecule has 1 heterocycles. The van der Waals surface area contributed by atoms with Crippen LogP contribution in [0, 0.1) is 5.41 Å². The van der Waals surface area contributed by atoms with E-state index in [1.165, 1.54) is 18.4 Å². The number of likely N-dealkylation sites (tertiary alicyclic amines) is 1. The summed E-state index contributed by atoms with van der Waals surface area (Å²) in [5.41, 5.74) is 2.04. The Labute approximate surface area is 180 Å². The molecule has 4 nitrogen and oxygen atoms in total. The van der Waals surface area contributed by atoms with Crippen molar-refractivity contribution in [1.82, 2.24) is 4.90 Å². The molecule has 1 aliphatic carbocycles. The summed E-state index contributed by atoms with van der Waals surface area (Å²) in [6, 6.07) is 16.7. The van der Waals surface area contributed by atoms with E-state index in [-0.39, 0.29) is 17.8 Å². The molecule has 1 saturated heterocycles. The largest absolute Gasteiger partial charge is 0.493 e. The lowest BCUT2D eigenvalue weighted by Crippen LogP contribution is -2.33. The Morgan fingerprint density at radius 3 is 2.50 bits per heavy atom. The van der Waals surface area contributed by atoms with Gasteiger partial charge in [0.2, 0.25) is 0 Å². The molecule has 1 saturated carbocycles. The average Bonchev–Trinajstić information content (AvgIpc) is 3.37. The molecule has 0 N–H and O–H groups in total. The van der Waals surface area contributed by atoms with Crippen LogP contribution in [0.3, 0.4) is 0 Å². The van der Waals surface area contributed by atoms with Crippen LogP contribution in [0.15, 0.2) is 48.5 Å². The summed E-state index contributed by atoms with van der Waals surface area (Å²) in [7, 11) is 1.69. The van der Waals surface area contributed by atoms with Crippen LogP contribution in [0.2, 0.25) is 0 Å². The zero-order valence-electron chi connectivity index (χ0n) is 18.4. The van der Waals surface area contributed by atoms with Gasteiger partial charge in [0.05, 0.1) is 13.2 Å². The molecule has 1 aliphatic heterocycles. The van der Waals surface area contributed by atoms with Crippen molar-refractivity contribution in [1.29, 1.82) is 0 Å². The van der Waals surface area contributed by atoms with Gasteiger partial charge in [0.1, 0.15) is 5.78 Å². The van der Waals surface area contributed by atoms with Crippen LogP contribution >= 0.6 is 0 Å². The van der Waals surface area contributed by atoms with E-state index in [4.69, 9.17) is 9.47 Å². The van der Waals surface area contributed by atoms with Gasteiger partial charge in [0, 0.05) is 31.0 Å². The summed E-state index contributed by atoms with van der Waals surface area (Å²) < 4.78 is 11.9. The topological polar surface area (TPSA) is 38.8 Å². The fraction of sp³-hybridized carbons (Fsp3) is 0.500. The first-order valence-corrected chi connectivity index (χ1v) is 11.1. The van der Waals surface area contributed by atoms with E-state index in [2.05, 4.69) is 48.2 Å². The number of rotatable bonds is 7. The van der Waals surface area contributed by atoms with Gasteiger partial charge in [-0.3, -0.25) is 9.69 Å². The van der Waals surface area contributed by atoms with Crippen molar-refractivity contribution >= 4 is 5.78 Å². The Balaban J connectivity index is 1.60. The Hall–Kier alpha value is -2.33. The number of carbonyl (C=O) groups excluding carboxylic acids is 1. The summed E-state index contributed by atoms with van der Waals surface area (Å²) >= 11 is 0. The lowest BCUT2D eigenvalue weighted by Gasteiger charge is -2.29. The predicted octanol–water partition coefficient (Wildman–Crippen LogP) is 5.21. The zero-order valence-corrected chi connectivity index (χ0v) is 18.4. The second kappa shape index (κ2) is 8.81. The number of carbonyl (C=O) groups is 1. The zero-order chi connectivity index (χ0) is 21.1. The predicted molar refractivity (Wildman–Crippen MR) is 119 cm³/mol. The standard InChI is InChI=1S/C26H33NO3/c1-19(28)26(2)18-27(16-20-9-5-4-6-10-20)17-23(26)21-13-14-24(29-3)25(15-21)30-22-11-7-8-12-22/h4-6,9-10,13-15,22-23H,7-8,11-12,16-18H2,1-3H3. The molecular formula is C26H33NO3. The van der Waals surface area contributed by atoms with Crippen LogP contribution in [0.4, 0.5) is 0 Å². The number of ketones is 1. The summed E-state index contributed by atoms with van der Waals surface area (Å²) in [4.78, 5) is 15.2. The Morgan fingerprint density at radius 2 is 1.83 bits per heavy atom. The van der Waals surface area contributed by atoms with E-state index in [1.807, 2.05) is 12.1 Å². The Kier molecular flexibility index (Phi) is 6.14. The van der Waals surface area contributed by atoms with E-state index in [9.17, 15) is 4.79 Å². The first-order chi connectivity index (χ1) is 14.5. The van der Waals surface area contributed by atoms with Crippen LogP contribution in [0.5, 0.6) is 11.5 Å². The summed E-state index contributed by atoms with van der Waals surface area (Å²) in [5, 5.41) is 0. The molecule has 30 heavy (non-hydrogen) atoms. The number of methoxy groups -OCH3 is 1. The second-order valence-corrected chi connectivity index (χ2v) is 9.12. The molecule has 4 heteroatoms. The molecular weight excluding hydrogens is 374 g/mol. The SMILES string of the molecule is COc1ccc(C2CN(Cc3ccccc3)CC2(C)C(C)=O)cc1OC1CCCC1. The van der Waals surface area contributed by atoms with Crippen molar-refractivity contribution in [3.05, 3.63) is 59.7 Å². The third-order valence-corrected chi connectivity index (χ3v) is 7.00. The molecule has 2 atom stereocenters. The summed E-state index contributed by atoms with van der Waals surface area (Å²) in [5.74, 6) is 1.97. The molecule has 0 radical (unpaired) electrons. The summed E-state index contributed by atoms with van der Waals surface area (Å²) in [6.45, 7) is 6.35. The second-order valence-electron chi connectivity index (χ2n) is 9.12. The van der Waals surface area contributed by atoms with E-state index in [0.717, 1.165) is 49.5 Å². The highest BCUT2D eigenvalue weighted by Crippen LogP contribution is 2.46. The van der Waals surface area contributed by atoms with Crippen LogP contribution in [-0.2, 0) is 11.3 Å². The molecule has 0 aromatic heterocycles. The van der Waals surface area contributed by atoms with Gasteiger partial charge in [-0.25, -0.2) is 0 Å². The van der Waals surface area contributed by atoms with Gasteiger partial charge in [-0.15, -0.1) is 0 Å². The molecule has 0 spiro atoms. The molecule has 2 fully saturated rings. The van der Waals surface area contributed by atoms with E-state index in [1.54, 1.807) is 14.0 Å². The van der Waals surface area contributed by atoms with E-state index in [0.29, 0.717) is 0 Å². The lowest BCUT2D eigenvalue weighted by molar-refractivity contribution is -0.125. The minimum Gasteiger partial charge on any atom is -0.493 e. The number of nitrogens with zero attached hydrogens (tertiary/aromatic N) is 1. The van der Waals surface area contributed by atoms with E-state index < -0.39 is 5.41 Å². The highest BCUT2D eigenvalue weighted by atomic mass is 16.5. The molecule has 2 unspecified atom stereocenters. The van der Waals surface area contributed by atoms with Gasteiger partial charge in [0.15, 0.2) is 11.5 Å².